The predicted molar refractivity (Wildman–Crippen MR) is 71.9 cm³/mol. The molecule has 0 spiro atoms. The average Bonchev–Trinajstić information content (AvgIpc) is 2.40. The van der Waals surface area contributed by atoms with Crippen LogP contribution >= 0.6 is 0 Å². The van der Waals surface area contributed by atoms with Gasteiger partial charge in [-0.2, -0.15) is 0 Å². The van der Waals surface area contributed by atoms with Crippen molar-refractivity contribution in [3.8, 4) is 17.2 Å². The third kappa shape index (κ3) is 2.43. The number of benzene rings is 1. The molecule has 1 aliphatic heterocycles. The molecule has 0 saturated heterocycles. The number of phenolic OH excluding ortho intramolecular Hbond substituents is 2. The standard InChI is InChI=1S/C15H20O5/c16-9-3-1-8(2-4-9)15-13(19)7-11-12(18)5-10(17)6-14(11)20-15/h5-6,8-9,13,15-19H,1-4,7H2. The Morgan fingerprint density at radius 2 is 1.70 bits per heavy atom. The van der Waals surface area contributed by atoms with Gasteiger partial charge < -0.3 is 25.2 Å². The van der Waals surface area contributed by atoms with Gasteiger partial charge in [-0.25, -0.2) is 0 Å². The van der Waals surface area contributed by atoms with Crippen LogP contribution in [0.4, 0.5) is 0 Å². The molecule has 3 rings (SSSR count). The number of hydrogen-bond donors (Lipinski definition) is 4. The summed E-state index contributed by atoms with van der Waals surface area (Å²) in [6, 6.07) is 2.73. The van der Waals surface area contributed by atoms with E-state index in [9.17, 15) is 20.4 Å². The second kappa shape index (κ2) is 5.14. The minimum Gasteiger partial charge on any atom is -0.508 e. The zero-order valence-corrected chi connectivity index (χ0v) is 11.2. The van der Waals surface area contributed by atoms with E-state index in [2.05, 4.69) is 0 Å². The minimum absolute atomic E-state index is 0.0448. The third-order valence-electron chi connectivity index (χ3n) is 4.43. The molecule has 2 atom stereocenters. The number of aliphatic hydroxyl groups is 2. The Morgan fingerprint density at radius 1 is 1.00 bits per heavy atom. The molecular weight excluding hydrogens is 260 g/mol. The lowest BCUT2D eigenvalue weighted by atomic mass is 9.80. The zero-order valence-electron chi connectivity index (χ0n) is 11.2. The minimum atomic E-state index is -0.668. The highest BCUT2D eigenvalue weighted by Crippen LogP contribution is 2.41. The number of hydrogen-bond acceptors (Lipinski definition) is 5. The third-order valence-corrected chi connectivity index (χ3v) is 4.43. The van der Waals surface area contributed by atoms with Crippen molar-refractivity contribution in [3.05, 3.63) is 17.7 Å². The first kappa shape index (κ1) is 13.5. The molecule has 1 aliphatic carbocycles. The first-order valence-electron chi connectivity index (χ1n) is 7.12. The van der Waals surface area contributed by atoms with Crippen LogP contribution < -0.4 is 4.74 Å². The lowest BCUT2D eigenvalue weighted by Crippen LogP contribution is -2.44. The van der Waals surface area contributed by atoms with Gasteiger partial charge in [-0.15, -0.1) is 0 Å². The molecular formula is C15H20O5. The van der Waals surface area contributed by atoms with Gasteiger partial charge in [0.25, 0.3) is 0 Å². The van der Waals surface area contributed by atoms with Crippen LogP contribution in [0.15, 0.2) is 12.1 Å². The van der Waals surface area contributed by atoms with Gasteiger partial charge in [0, 0.05) is 24.1 Å². The molecule has 0 amide bonds. The molecule has 0 radical (unpaired) electrons. The summed E-state index contributed by atoms with van der Waals surface area (Å²) in [6.07, 6.45) is 2.18. The van der Waals surface area contributed by atoms with Crippen molar-refractivity contribution >= 4 is 0 Å². The molecule has 0 bridgehead atoms. The fourth-order valence-corrected chi connectivity index (χ4v) is 3.32. The summed E-state index contributed by atoms with van der Waals surface area (Å²) in [5.74, 6) is 0.557. The van der Waals surface area contributed by atoms with Gasteiger partial charge in [0.15, 0.2) is 0 Å². The molecule has 2 aliphatic rings. The second-order valence-corrected chi connectivity index (χ2v) is 5.86. The number of aromatic hydroxyl groups is 2. The summed E-state index contributed by atoms with van der Waals surface area (Å²) in [5, 5.41) is 39.2. The smallest absolute Gasteiger partial charge is 0.130 e. The summed E-state index contributed by atoms with van der Waals surface area (Å²) < 4.78 is 5.83. The van der Waals surface area contributed by atoms with Crippen LogP contribution in [0.3, 0.4) is 0 Å². The van der Waals surface area contributed by atoms with Gasteiger partial charge in [0.1, 0.15) is 23.4 Å². The van der Waals surface area contributed by atoms with E-state index in [4.69, 9.17) is 4.74 Å². The summed E-state index contributed by atoms with van der Waals surface area (Å²) in [7, 11) is 0. The maximum atomic E-state index is 10.3. The van der Waals surface area contributed by atoms with Crippen LogP contribution in [-0.2, 0) is 6.42 Å². The Kier molecular flexibility index (Phi) is 3.48. The average molecular weight is 280 g/mol. The molecule has 1 aromatic carbocycles. The normalized spacial score (nSPS) is 33.3. The highest BCUT2D eigenvalue weighted by molar-refractivity contribution is 5.51. The number of phenols is 2. The van der Waals surface area contributed by atoms with Crippen molar-refractivity contribution in [1.82, 2.24) is 0 Å². The predicted octanol–water partition coefficient (Wildman–Crippen LogP) is 1.31. The van der Waals surface area contributed by atoms with Gasteiger partial charge in [-0.1, -0.05) is 0 Å². The SMILES string of the molecule is Oc1cc(O)c2c(c1)OC(C1CCC(O)CC1)C(O)C2. The van der Waals surface area contributed by atoms with E-state index in [1.807, 2.05) is 0 Å². The highest BCUT2D eigenvalue weighted by atomic mass is 16.5. The van der Waals surface area contributed by atoms with Crippen LogP contribution in [0.25, 0.3) is 0 Å². The Labute approximate surface area is 117 Å². The van der Waals surface area contributed by atoms with Gasteiger partial charge in [-0.3, -0.25) is 0 Å². The maximum absolute atomic E-state index is 10.3. The number of fused-ring (bicyclic) bond motifs is 1. The molecule has 5 nitrogen and oxygen atoms in total. The molecule has 1 fully saturated rings. The number of aliphatic hydroxyl groups excluding tert-OH is 2. The highest BCUT2D eigenvalue weighted by Gasteiger charge is 2.37. The molecule has 20 heavy (non-hydrogen) atoms. The van der Waals surface area contributed by atoms with Crippen LogP contribution in [0.2, 0.25) is 0 Å². The quantitative estimate of drug-likeness (QED) is 0.623. The molecule has 2 unspecified atom stereocenters. The van der Waals surface area contributed by atoms with Crippen LogP contribution in [0.5, 0.6) is 17.2 Å². The van der Waals surface area contributed by atoms with Crippen molar-refractivity contribution < 1.29 is 25.2 Å². The first-order chi connectivity index (χ1) is 9.54. The Hall–Kier alpha value is -1.46. The van der Waals surface area contributed by atoms with E-state index in [0.717, 1.165) is 25.7 Å². The van der Waals surface area contributed by atoms with Gasteiger partial charge in [0.2, 0.25) is 0 Å². The van der Waals surface area contributed by atoms with Gasteiger partial charge in [0.05, 0.1) is 12.2 Å². The molecule has 1 aromatic rings. The fourth-order valence-electron chi connectivity index (χ4n) is 3.32. The monoisotopic (exact) mass is 280 g/mol. The van der Waals surface area contributed by atoms with Gasteiger partial charge in [-0.05, 0) is 31.6 Å². The van der Waals surface area contributed by atoms with Crippen molar-refractivity contribution in [1.29, 1.82) is 0 Å². The van der Waals surface area contributed by atoms with Crippen LogP contribution in [-0.4, -0.2) is 38.7 Å². The first-order valence-corrected chi connectivity index (χ1v) is 7.12. The Bertz CT molecular complexity index is 493. The molecule has 110 valence electrons. The maximum Gasteiger partial charge on any atom is 0.130 e. The number of rotatable bonds is 1. The van der Waals surface area contributed by atoms with Crippen molar-refractivity contribution in [2.75, 3.05) is 0 Å². The van der Waals surface area contributed by atoms with Crippen LogP contribution in [0, 0.1) is 5.92 Å². The topological polar surface area (TPSA) is 90.2 Å². The largest absolute Gasteiger partial charge is 0.508 e. The van der Waals surface area contributed by atoms with E-state index < -0.39 is 6.10 Å². The zero-order chi connectivity index (χ0) is 14.3. The summed E-state index contributed by atoms with van der Waals surface area (Å²) in [6.45, 7) is 0. The van der Waals surface area contributed by atoms with E-state index in [-0.39, 0.29) is 29.6 Å². The lowest BCUT2D eigenvalue weighted by molar-refractivity contribution is -0.0339. The Morgan fingerprint density at radius 3 is 2.40 bits per heavy atom. The summed E-state index contributed by atoms with van der Waals surface area (Å²) in [4.78, 5) is 0. The molecule has 4 N–H and O–H groups in total. The molecule has 0 aromatic heterocycles. The molecule has 5 heteroatoms. The molecule has 1 heterocycles. The van der Waals surface area contributed by atoms with Crippen molar-refractivity contribution in [2.24, 2.45) is 5.92 Å². The van der Waals surface area contributed by atoms with E-state index in [1.165, 1.54) is 12.1 Å². The van der Waals surface area contributed by atoms with Crippen molar-refractivity contribution in [3.63, 3.8) is 0 Å². The number of ether oxygens (including phenoxy) is 1. The van der Waals surface area contributed by atoms with E-state index in [0.29, 0.717) is 17.7 Å². The van der Waals surface area contributed by atoms with Gasteiger partial charge >= 0.3 is 0 Å². The van der Waals surface area contributed by atoms with E-state index >= 15 is 0 Å². The lowest BCUT2D eigenvalue weighted by Gasteiger charge is -2.38. The summed E-state index contributed by atoms with van der Waals surface area (Å²) >= 11 is 0. The van der Waals surface area contributed by atoms with Crippen LogP contribution in [0.1, 0.15) is 31.2 Å². The fraction of sp³-hybridized carbons (Fsp3) is 0.600. The molecule has 1 saturated carbocycles. The van der Waals surface area contributed by atoms with E-state index in [1.54, 1.807) is 0 Å². The second-order valence-electron chi connectivity index (χ2n) is 5.86. The summed E-state index contributed by atoms with van der Waals surface area (Å²) in [5.41, 5.74) is 0.544. The van der Waals surface area contributed by atoms with Crippen molar-refractivity contribution in [2.45, 2.75) is 50.4 Å². The Balaban J connectivity index is 1.81.